The topological polar surface area (TPSA) is 96.9 Å². The van der Waals surface area contributed by atoms with Gasteiger partial charge in [-0.2, -0.15) is 0 Å². The van der Waals surface area contributed by atoms with Gasteiger partial charge in [0.05, 0.1) is 18.6 Å². The monoisotopic (exact) mass is 243 g/mol. The predicted molar refractivity (Wildman–Crippen MR) is 63.7 cm³/mol. The average molecular weight is 243 g/mol. The van der Waals surface area contributed by atoms with Gasteiger partial charge in [0.1, 0.15) is 5.84 Å². The molecule has 1 aliphatic heterocycles. The number of nitrogens with one attached hydrogen (secondary N) is 1. The quantitative estimate of drug-likeness (QED) is 0.286. The van der Waals surface area contributed by atoms with Gasteiger partial charge in [0.15, 0.2) is 0 Å². The number of hydrogen-bond donors (Lipinski definition) is 3. The third-order valence-corrected chi connectivity index (χ3v) is 3.07. The Morgan fingerprint density at radius 3 is 2.76 bits per heavy atom. The zero-order valence-electron chi connectivity index (χ0n) is 10.6. The first-order valence-corrected chi connectivity index (χ1v) is 5.74. The van der Waals surface area contributed by atoms with Crippen LogP contribution in [0.1, 0.15) is 27.2 Å². The van der Waals surface area contributed by atoms with Crippen molar-refractivity contribution in [3.8, 4) is 0 Å². The molecule has 1 saturated heterocycles. The summed E-state index contributed by atoms with van der Waals surface area (Å²) in [5.41, 5.74) is 4.98. The SMILES string of the molecule is CC1CC(C(=O)NCC(C)(C)C(N)=NO)CO1. The molecule has 0 bridgehead atoms. The number of ether oxygens (including phenoxy) is 1. The molecule has 0 aromatic rings. The summed E-state index contributed by atoms with van der Waals surface area (Å²) in [6, 6.07) is 0. The molecule has 0 aromatic carbocycles. The molecule has 0 aliphatic carbocycles. The fourth-order valence-corrected chi connectivity index (χ4v) is 1.68. The van der Waals surface area contributed by atoms with Gasteiger partial charge in [-0.3, -0.25) is 4.79 Å². The summed E-state index contributed by atoms with van der Waals surface area (Å²) in [5, 5.41) is 14.4. The van der Waals surface area contributed by atoms with Gasteiger partial charge in [0.25, 0.3) is 0 Å². The summed E-state index contributed by atoms with van der Waals surface area (Å²) in [6.45, 7) is 6.36. The van der Waals surface area contributed by atoms with Crippen LogP contribution in [0.2, 0.25) is 0 Å². The van der Waals surface area contributed by atoms with Crippen LogP contribution in [0.5, 0.6) is 0 Å². The van der Waals surface area contributed by atoms with Crippen LogP contribution in [0.3, 0.4) is 0 Å². The molecular weight excluding hydrogens is 222 g/mol. The Hall–Kier alpha value is -1.30. The number of hydrogen-bond acceptors (Lipinski definition) is 4. The van der Waals surface area contributed by atoms with Gasteiger partial charge >= 0.3 is 0 Å². The van der Waals surface area contributed by atoms with Gasteiger partial charge in [-0.15, -0.1) is 0 Å². The summed E-state index contributed by atoms with van der Waals surface area (Å²) in [7, 11) is 0. The van der Waals surface area contributed by atoms with E-state index in [9.17, 15) is 4.79 Å². The molecule has 0 aromatic heterocycles. The van der Waals surface area contributed by atoms with E-state index >= 15 is 0 Å². The molecule has 0 saturated carbocycles. The second-order valence-electron chi connectivity index (χ2n) is 5.16. The van der Waals surface area contributed by atoms with E-state index in [1.807, 2.05) is 6.92 Å². The molecule has 1 fully saturated rings. The van der Waals surface area contributed by atoms with Crippen molar-refractivity contribution >= 4 is 11.7 Å². The Morgan fingerprint density at radius 2 is 2.29 bits per heavy atom. The predicted octanol–water partition coefficient (Wildman–Crippen LogP) is 0.300. The van der Waals surface area contributed by atoms with E-state index in [0.29, 0.717) is 13.2 Å². The summed E-state index contributed by atoms with van der Waals surface area (Å²) in [5.74, 6) is -0.0184. The minimum atomic E-state index is -0.560. The van der Waals surface area contributed by atoms with E-state index in [2.05, 4.69) is 10.5 Å². The molecule has 1 amide bonds. The van der Waals surface area contributed by atoms with Crippen LogP contribution in [0, 0.1) is 11.3 Å². The maximum atomic E-state index is 11.8. The lowest BCUT2D eigenvalue weighted by atomic mass is 9.91. The lowest BCUT2D eigenvalue weighted by Crippen LogP contribution is -2.44. The molecule has 0 radical (unpaired) electrons. The molecule has 2 atom stereocenters. The smallest absolute Gasteiger partial charge is 0.225 e. The highest BCUT2D eigenvalue weighted by atomic mass is 16.5. The molecule has 1 rings (SSSR count). The van der Waals surface area contributed by atoms with Crippen LogP contribution < -0.4 is 11.1 Å². The Labute approximate surface area is 101 Å². The number of amidine groups is 1. The fraction of sp³-hybridized carbons (Fsp3) is 0.818. The number of amides is 1. The average Bonchev–Trinajstić information content (AvgIpc) is 2.71. The number of carbonyl (C=O) groups excluding carboxylic acids is 1. The standard InChI is InChI=1S/C11H21N3O3/c1-7-4-8(5-17-7)9(15)13-6-11(2,3)10(12)14-16/h7-8,16H,4-6H2,1-3H3,(H2,12,14)(H,13,15). The molecule has 17 heavy (non-hydrogen) atoms. The Morgan fingerprint density at radius 1 is 1.65 bits per heavy atom. The number of nitrogens with two attached hydrogens (primary N) is 1. The lowest BCUT2D eigenvalue weighted by molar-refractivity contribution is -0.125. The zero-order valence-corrected chi connectivity index (χ0v) is 10.6. The molecule has 6 heteroatoms. The van der Waals surface area contributed by atoms with Crippen molar-refractivity contribution in [2.75, 3.05) is 13.2 Å². The summed E-state index contributed by atoms with van der Waals surface area (Å²) in [6.07, 6.45) is 0.887. The number of nitrogens with zero attached hydrogens (tertiary/aromatic N) is 1. The molecule has 1 heterocycles. The van der Waals surface area contributed by atoms with Gasteiger partial charge in [0.2, 0.25) is 5.91 Å². The van der Waals surface area contributed by atoms with Crippen LogP contribution >= 0.6 is 0 Å². The van der Waals surface area contributed by atoms with Crippen LogP contribution in [-0.2, 0) is 9.53 Å². The second-order valence-corrected chi connectivity index (χ2v) is 5.16. The molecule has 0 spiro atoms. The molecule has 1 aliphatic rings. The molecule has 6 nitrogen and oxygen atoms in total. The maximum absolute atomic E-state index is 11.8. The maximum Gasteiger partial charge on any atom is 0.225 e. The number of rotatable bonds is 4. The largest absolute Gasteiger partial charge is 0.409 e. The Kier molecular flexibility index (Phi) is 4.34. The lowest BCUT2D eigenvalue weighted by Gasteiger charge is -2.23. The van der Waals surface area contributed by atoms with Crippen LogP contribution in [-0.4, -0.2) is 36.2 Å². The number of carbonyl (C=O) groups is 1. The minimum absolute atomic E-state index is 0.0341. The first kappa shape index (κ1) is 13.8. The van der Waals surface area contributed by atoms with Gasteiger partial charge in [-0.1, -0.05) is 19.0 Å². The van der Waals surface area contributed by atoms with Crippen molar-refractivity contribution in [1.82, 2.24) is 5.32 Å². The van der Waals surface area contributed by atoms with Gasteiger partial charge in [0, 0.05) is 12.0 Å². The summed E-state index contributed by atoms with van der Waals surface area (Å²) < 4.78 is 5.34. The highest BCUT2D eigenvalue weighted by Gasteiger charge is 2.30. The molecular formula is C11H21N3O3. The molecule has 98 valence electrons. The third-order valence-electron chi connectivity index (χ3n) is 3.07. The highest BCUT2D eigenvalue weighted by molar-refractivity contribution is 5.86. The first-order chi connectivity index (χ1) is 7.86. The van der Waals surface area contributed by atoms with Crippen LogP contribution in [0.4, 0.5) is 0 Å². The Bertz CT molecular complexity index is 315. The van der Waals surface area contributed by atoms with E-state index in [0.717, 1.165) is 6.42 Å². The molecule has 4 N–H and O–H groups in total. The fourth-order valence-electron chi connectivity index (χ4n) is 1.68. The normalized spacial score (nSPS) is 25.9. The van der Waals surface area contributed by atoms with Crippen LogP contribution in [0.15, 0.2) is 5.16 Å². The van der Waals surface area contributed by atoms with E-state index in [-0.39, 0.29) is 23.8 Å². The summed E-state index contributed by atoms with van der Waals surface area (Å²) >= 11 is 0. The third kappa shape index (κ3) is 3.59. The second kappa shape index (κ2) is 5.35. The van der Waals surface area contributed by atoms with E-state index in [1.54, 1.807) is 13.8 Å². The van der Waals surface area contributed by atoms with Crippen molar-refractivity contribution in [2.24, 2.45) is 22.2 Å². The van der Waals surface area contributed by atoms with Crippen molar-refractivity contribution in [3.05, 3.63) is 0 Å². The van der Waals surface area contributed by atoms with Crippen molar-refractivity contribution < 1.29 is 14.7 Å². The highest BCUT2D eigenvalue weighted by Crippen LogP contribution is 2.20. The van der Waals surface area contributed by atoms with E-state index in [1.165, 1.54) is 0 Å². The number of oxime groups is 1. The van der Waals surface area contributed by atoms with E-state index < -0.39 is 5.41 Å². The van der Waals surface area contributed by atoms with Gasteiger partial charge in [-0.25, -0.2) is 0 Å². The van der Waals surface area contributed by atoms with Gasteiger partial charge in [-0.05, 0) is 13.3 Å². The summed E-state index contributed by atoms with van der Waals surface area (Å²) in [4.78, 5) is 11.8. The van der Waals surface area contributed by atoms with Crippen LogP contribution in [0.25, 0.3) is 0 Å². The van der Waals surface area contributed by atoms with Gasteiger partial charge < -0.3 is 21.0 Å². The van der Waals surface area contributed by atoms with Crippen molar-refractivity contribution in [1.29, 1.82) is 0 Å². The van der Waals surface area contributed by atoms with E-state index in [4.69, 9.17) is 15.7 Å². The van der Waals surface area contributed by atoms with Crippen molar-refractivity contribution in [2.45, 2.75) is 33.3 Å². The first-order valence-electron chi connectivity index (χ1n) is 5.74. The molecule has 2 unspecified atom stereocenters. The minimum Gasteiger partial charge on any atom is -0.409 e. The Balaban J connectivity index is 2.43. The zero-order chi connectivity index (χ0) is 13.1. The van der Waals surface area contributed by atoms with Crippen molar-refractivity contribution in [3.63, 3.8) is 0 Å².